The maximum atomic E-state index is 11.0. The fourth-order valence-corrected chi connectivity index (χ4v) is 1.40. The molecule has 0 saturated heterocycles. The second-order valence-corrected chi connectivity index (χ2v) is 2.95. The summed E-state index contributed by atoms with van der Waals surface area (Å²) in [6.45, 7) is 1.81. The SMILES string of the molecule is CCc1nc2ncnn2c(N)c1C(=O)O. The Balaban J connectivity index is 2.85. The number of nitrogens with zero attached hydrogens (tertiary/aromatic N) is 4. The third-order valence-electron chi connectivity index (χ3n) is 2.09. The van der Waals surface area contributed by atoms with Crippen molar-refractivity contribution in [3.63, 3.8) is 0 Å². The Morgan fingerprint density at radius 3 is 3.00 bits per heavy atom. The zero-order valence-electron chi connectivity index (χ0n) is 8.01. The first-order valence-electron chi connectivity index (χ1n) is 4.36. The second-order valence-electron chi connectivity index (χ2n) is 2.95. The molecule has 15 heavy (non-hydrogen) atoms. The summed E-state index contributed by atoms with van der Waals surface area (Å²) < 4.78 is 1.21. The molecule has 0 spiro atoms. The van der Waals surface area contributed by atoms with Gasteiger partial charge in [0.1, 0.15) is 17.7 Å². The van der Waals surface area contributed by atoms with E-state index in [2.05, 4.69) is 15.1 Å². The van der Waals surface area contributed by atoms with Crippen LogP contribution in [0.15, 0.2) is 6.33 Å². The van der Waals surface area contributed by atoms with E-state index in [-0.39, 0.29) is 11.4 Å². The van der Waals surface area contributed by atoms with Gasteiger partial charge in [0.15, 0.2) is 0 Å². The number of carboxylic acids is 1. The second kappa shape index (κ2) is 3.19. The summed E-state index contributed by atoms with van der Waals surface area (Å²) >= 11 is 0. The van der Waals surface area contributed by atoms with Crippen molar-refractivity contribution >= 4 is 17.6 Å². The molecule has 2 rings (SSSR count). The van der Waals surface area contributed by atoms with Crippen LogP contribution < -0.4 is 5.73 Å². The predicted octanol–water partition coefficient (Wildman–Crippen LogP) is -0.0329. The highest BCUT2D eigenvalue weighted by molar-refractivity contribution is 5.94. The van der Waals surface area contributed by atoms with Crippen molar-refractivity contribution in [1.29, 1.82) is 0 Å². The lowest BCUT2D eigenvalue weighted by molar-refractivity contribution is 0.0696. The van der Waals surface area contributed by atoms with Gasteiger partial charge >= 0.3 is 5.97 Å². The first-order valence-corrected chi connectivity index (χ1v) is 4.36. The molecule has 2 aromatic rings. The highest BCUT2D eigenvalue weighted by Gasteiger charge is 2.18. The number of nitrogens with two attached hydrogens (primary N) is 1. The Bertz CT molecular complexity index is 533. The third-order valence-corrected chi connectivity index (χ3v) is 2.09. The fraction of sp³-hybridized carbons (Fsp3) is 0.250. The molecule has 78 valence electrons. The first-order chi connectivity index (χ1) is 7.15. The van der Waals surface area contributed by atoms with E-state index in [9.17, 15) is 4.79 Å². The number of hydrogen-bond donors (Lipinski definition) is 2. The minimum Gasteiger partial charge on any atom is -0.477 e. The Labute approximate surface area is 84.6 Å². The van der Waals surface area contributed by atoms with Crippen LogP contribution in [0.2, 0.25) is 0 Å². The summed E-state index contributed by atoms with van der Waals surface area (Å²) in [6, 6.07) is 0. The number of anilines is 1. The fourth-order valence-electron chi connectivity index (χ4n) is 1.40. The number of fused-ring (bicyclic) bond motifs is 1. The molecule has 0 aliphatic rings. The van der Waals surface area contributed by atoms with Crippen molar-refractivity contribution in [3.8, 4) is 0 Å². The van der Waals surface area contributed by atoms with Crippen molar-refractivity contribution in [2.45, 2.75) is 13.3 Å². The van der Waals surface area contributed by atoms with Gasteiger partial charge in [0.25, 0.3) is 5.78 Å². The quantitative estimate of drug-likeness (QED) is 0.716. The Morgan fingerprint density at radius 2 is 2.40 bits per heavy atom. The van der Waals surface area contributed by atoms with Gasteiger partial charge in [0.05, 0.1) is 5.69 Å². The van der Waals surface area contributed by atoms with Crippen LogP contribution in [0.5, 0.6) is 0 Å². The lowest BCUT2D eigenvalue weighted by atomic mass is 10.2. The Morgan fingerprint density at radius 1 is 1.67 bits per heavy atom. The van der Waals surface area contributed by atoms with E-state index in [0.29, 0.717) is 17.9 Å². The van der Waals surface area contributed by atoms with Crippen LogP contribution in [0.3, 0.4) is 0 Å². The molecule has 7 heteroatoms. The summed E-state index contributed by atoms with van der Waals surface area (Å²) in [6.07, 6.45) is 1.76. The van der Waals surface area contributed by atoms with Crippen LogP contribution in [0.25, 0.3) is 5.78 Å². The molecule has 0 aliphatic heterocycles. The maximum absolute atomic E-state index is 11.0. The van der Waals surface area contributed by atoms with Crippen LogP contribution in [0, 0.1) is 0 Å². The molecule has 0 unspecified atom stereocenters. The normalized spacial score (nSPS) is 10.7. The van der Waals surface area contributed by atoms with Gasteiger partial charge in [-0.3, -0.25) is 0 Å². The van der Waals surface area contributed by atoms with Gasteiger partial charge in [-0.1, -0.05) is 6.92 Å². The molecule has 2 aromatic heterocycles. The number of carboxylic acid groups (broad SMARTS) is 1. The summed E-state index contributed by atoms with van der Waals surface area (Å²) in [5.74, 6) is -0.731. The van der Waals surface area contributed by atoms with Crippen molar-refractivity contribution in [3.05, 3.63) is 17.6 Å². The van der Waals surface area contributed by atoms with Gasteiger partial charge in [0, 0.05) is 0 Å². The average Bonchev–Trinajstić information content (AvgIpc) is 2.64. The summed E-state index contributed by atoms with van der Waals surface area (Å²) in [5, 5.41) is 12.8. The first kappa shape index (κ1) is 9.38. The van der Waals surface area contributed by atoms with Crippen molar-refractivity contribution in [2.75, 3.05) is 5.73 Å². The highest BCUT2D eigenvalue weighted by Crippen LogP contribution is 2.16. The van der Waals surface area contributed by atoms with Crippen LogP contribution in [0.4, 0.5) is 5.82 Å². The summed E-state index contributed by atoms with van der Waals surface area (Å²) in [7, 11) is 0. The summed E-state index contributed by atoms with van der Waals surface area (Å²) in [4.78, 5) is 18.9. The van der Waals surface area contributed by atoms with E-state index in [1.54, 1.807) is 6.92 Å². The lowest BCUT2D eigenvalue weighted by Gasteiger charge is -2.06. The number of aryl methyl sites for hydroxylation is 1. The number of aromatic carboxylic acids is 1. The van der Waals surface area contributed by atoms with Crippen LogP contribution in [-0.4, -0.2) is 30.7 Å². The molecule has 0 aromatic carbocycles. The smallest absolute Gasteiger partial charge is 0.341 e. The maximum Gasteiger partial charge on any atom is 0.341 e. The summed E-state index contributed by atoms with van der Waals surface area (Å²) in [5.41, 5.74) is 6.09. The molecule has 0 amide bonds. The molecule has 3 N–H and O–H groups in total. The zero-order chi connectivity index (χ0) is 11.0. The average molecular weight is 207 g/mol. The number of hydrogen-bond acceptors (Lipinski definition) is 5. The number of rotatable bonds is 2. The molecule has 0 aliphatic carbocycles. The van der Waals surface area contributed by atoms with E-state index < -0.39 is 5.97 Å². The monoisotopic (exact) mass is 207 g/mol. The third kappa shape index (κ3) is 1.28. The lowest BCUT2D eigenvalue weighted by Crippen LogP contribution is -2.14. The van der Waals surface area contributed by atoms with Gasteiger partial charge in [-0.05, 0) is 6.42 Å². The number of aromatic nitrogens is 4. The zero-order valence-corrected chi connectivity index (χ0v) is 8.01. The molecule has 0 bridgehead atoms. The minimum atomic E-state index is -1.10. The van der Waals surface area contributed by atoms with Gasteiger partial charge < -0.3 is 10.8 Å². The van der Waals surface area contributed by atoms with E-state index in [1.165, 1.54) is 10.8 Å². The van der Waals surface area contributed by atoms with E-state index in [0.717, 1.165) is 0 Å². The molecular weight excluding hydrogens is 198 g/mol. The van der Waals surface area contributed by atoms with Crippen LogP contribution in [-0.2, 0) is 6.42 Å². The molecule has 2 heterocycles. The molecule has 0 saturated carbocycles. The van der Waals surface area contributed by atoms with Gasteiger partial charge in [-0.2, -0.15) is 14.6 Å². The molecule has 0 atom stereocenters. The molecule has 0 radical (unpaired) electrons. The van der Waals surface area contributed by atoms with E-state index in [4.69, 9.17) is 10.8 Å². The van der Waals surface area contributed by atoms with Crippen LogP contribution in [0.1, 0.15) is 23.0 Å². The standard InChI is InChI=1S/C8H9N5O2/c1-2-4-5(7(14)15)6(9)13-8(12-4)10-3-11-13/h3H,2,9H2,1H3,(H,14,15). The predicted molar refractivity (Wildman–Crippen MR) is 51.5 cm³/mol. The van der Waals surface area contributed by atoms with Crippen molar-refractivity contribution in [2.24, 2.45) is 0 Å². The molecule has 7 nitrogen and oxygen atoms in total. The number of carbonyl (C=O) groups is 1. The number of nitrogen functional groups attached to an aromatic ring is 1. The topological polar surface area (TPSA) is 106 Å². The molecule has 0 fully saturated rings. The van der Waals surface area contributed by atoms with Crippen molar-refractivity contribution < 1.29 is 9.90 Å². The van der Waals surface area contributed by atoms with Gasteiger partial charge in [-0.15, -0.1) is 0 Å². The van der Waals surface area contributed by atoms with Crippen LogP contribution >= 0.6 is 0 Å². The Kier molecular flexibility index (Phi) is 2.00. The Hall–Kier alpha value is -2.18. The van der Waals surface area contributed by atoms with E-state index >= 15 is 0 Å². The molecular formula is C8H9N5O2. The van der Waals surface area contributed by atoms with Gasteiger partial charge in [-0.25, -0.2) is 9.78 Å². The van der Waals surface area contributed by atoms with Crippen molar-refractivity contribution in [1.82, 2.24) is 19.6 Å². The highest BCUT2D eigenvalue weighted by atomic mass is 16.4. The van der Waals surface area contributed by atoms with Gasteiger partial charge in [0.2, 0.25) is 0 Å². The minimum absolute atomic E-state index is 0.00417. The van der Waals surface area contributed by atoms with E-state index in [1.807, 2.05) is 0 Å². The largest absolute Gasteiger partial charge is 0.477 e.